The summed E-state index contributed by atoms with van der Waals surface area (Å²) in [7, 11) is 0. The minimum atomic E-state index is 0.851. The van der Waals surface area contributed by atoms with Crippen molar-refractivity contribution >= 4 is 10.9 Å². The third-order valence-electron chi connectivity index (χ3n) is 4.40. The SMILES string of the molecule is c1cc(CNCCc2c[nH]c3ccccc23)cc(-c2cncnc2)c1. The molecule has 2 heterocycles. The Kier molecular flexibility index (Phi) is 4.53. The van der Waals surface area contributed by atoms with E-state index in [9.17, 15) is 0 Å². The number of nitrogens with zero attached hydrogens (tertiary/aromatic N) is 2. The average molecular weight is 328 g/mol. The van der Waals surface area contributed by atoms with Crippen LogP contribution >= 0.6 is 0 Å². The molecule has 0 spiro atoms. The minimum Gasteiger partial charge on any atom is -0.361 e. The van der Waals surface area contributed by atoms with Crippen LogP contribution in [0.5, 0.6) is 0 Å². The summed E-state index contributed by atoms with van der Waals surface area (Å²) >= 11 is 0. The van der Waals surface area contributed by atoms with Crippen molar-refractivity contribution in [3.8, 4) is 11.1 Å². The largest absolute Gasteiger partial charge is 0.361 e. The van der Waals surface area contributed by atoms with Crippen molar-refractivity contribution in [2.24, 2.45) is 0 Å². The topological polar surface area (TPSA) is 53.6 Å². The first-order valence-electron chi connectivity index (χ1n) is 8.50. The van der Waals surface area contributed by atoms with Crippen molar-refractivity contribution in [2.75, 3.05) is 6.54 Å². The number of hydrogen-bond donors (Lipinski definition) is 2. The van der Waals surface area contributed by atoms with E-state index in [1.54, 1.807) is 6.33 Å². The molecule has 25 heavy (non-hydrogen) atoms. The maximum absolute atomic E-state index is 4.09. The first kappa shape index (κ1) is 15.5. The fourth-order valence-electron chi connectivity index (χ4n) is 3.10. The highest BCUT2D eigenvalue weighted by Gasteiger charge is 2.03. The highest BCUT2D eigenvalue weighted by atomic mass is 14.8. The summed E-state index contributed by atoms with van der Waals surface area (Å²) in [6.07, 6.45) is 8.37. The van der Waals surface area contributed by atoms with Crippen molar-refractivity contribution in [3.05, 3.63) is 84.6 Å². The van der Waals surface area contributed by atoms with Gasteiger partial charge in [0.1, 0.15) is 6.33 Å². The molecule has 0 bridgehead atoms. The summed E-state index contributed by atoms with van der Waals surface area (Å²) in [5.74, 6) is 0. The zero-order chi connectivity index (χ0) is 16.9. The second-order valence-electron chi connectivity index (χ2n) is 6.11. The van der Waals surface area contributed by atoms with Gasteiger partial charge in [0.15, 0.2) is 0 Å². The van der Waals surface area contributed by atoms with Gasteiger partial charge in [0.05, 0.1) is 0 Å². The number of aromatic amines is 1. The monoisotopic (exact) mass is 328 g/mol. The predicted molar refractivity (Wildman–Crippen MR) is 101 cm³/mol. The van der Waals surface area contributed by atoms with Gasteiger partial charge in [0.25, 0.3) is 0 Å². The fraction of sp³-hybridized carbons (Fsp3) is 0.143. The Bertz CT molecular complexity index is 960. The molecule has 2 aromatic carbocycles. The zero-order valence-corrected chi connectivity index (χ0v) is 13.9. The third-order valence-corrected chi connectivity index (χ3v) is 4.40. The number of H-pyrrole nitrogens is 1. The van der Waals surface area contributed by atoms with Crippen LogP contribution in [0.4, 0.5) is 0 Å². The highest BCUT2D eigenvalue weighted by molar-refractivity contribution is 5.83. The van der Waals surface area contributed by atoms with Gasteiger partial charge in [-0.1, -0.05) is 36.4 Å². The lowest BCUT2D eigenvalue weighted by Gasteiger charge is -2.07. The molecule has 2 aromatic heterocycles. The molecule has 0 aliphatic heterocycles. The molecule has 0 radical (unpaired) electrons. The van der Waals surface area contributed by atoms with Gasteiger partial charge in [-0.3, -0.25) is 0 Å². The van der Waals surface area contributed by atoms with Crippen molar-refractivity contribution in [3.63, 3.8) is 0 Å². The Morgan fingerprint density at radius 2 is 1.80 bits per heavy atom. The Balaban J connectivity index is 1.36. The average Bonchev–Trinajstić information content (AvgIpc) is 3.09. The zero-order valence-electron chi connectivity index (χ0n) is 13.9. The van der Waals surface area contributed by atoms with E-state index in [0.29, 0.717) is 0 Å². The lowest BCUT2D eigenvalue weighted by Crippen LogP contribution is -2.16. The normalized spacial score (nSPS) is 11.0. The maximum atomic E-state index is 4.09. The number of aromatic nitrogens is 3. The summed E-state index contributed by atoms with van der Waals surface area (Å²) in [6, 6.07) is 17.0. The first-order chi connectivity index (χ1) is 12.4. The third kappa shape index (κ3) is 3.59. The molecular weight excluding hydrogens is 308 g/mol. The molecule has 4 rings (SSSR count). The number of rotatable bonds is 6. The summed E-state index contributed by atoms with van der Waals surface area (Å²) in [5.41, 5.74) is 6.02. The smallest absolute Gasteiger partial charge is 0.115 e. The molecule has 0 atom stereocenters. The van der Waals surface area contributed by atoms with Gasteiger partial charge in [0, 0.05) is 41.6 Å². The van der Waals surface area contributed by atoms with Crippen molar-refractivity contribution < 1.29 is 0 Å². The number of nitrogens with one attached hydrogen (secondary N) is 2. The Morgan fingerprint density at radius 1 is 0.920 bits per heavy atom. The summed E-state index contributed by atoms with van der Waals surface area (Å²) in [4.78, 5) is 11.5. The molecule has 4 aromatic rings. The van der Waals surface area contributed by atoms with Crippen molar-refractivity contribution in [1.29, 1.82) is 0 Å². The second-order valence-corrected chi connectivity index (χ2v) is 6.11. The van der Waals surface area contributed by atoms with Crippen LogP contribution in [0, 0.1) is 0 Å². The number of benzene rings is 2. The molecule has 124 valence electrons. The quantitative estimate of drug-likeness (QED) is 0.527. The number of para-hydroxylation sites is 1. The van der Waals surface area contributed by atoms with Gasteiger partial charge < -0.3 is 10.3 Å². The predicted octanol–water partition coefficient (Wildman–Crippen LogP) is 3.96. The van der Waals surface area contributed by atoms with Crippen LogP contribution in [-0.4, -0.2) is 21.5 Å². The van der Waals surface area contributed by atoms with E-state index < -0.39 is 0 Å². The van der Waals surface area contributed by atoms with Gasteiger partial charge in [0.2, 0.25) is 0 Å². The van der Waals surface area contributed by atoms with Crippen LogP contribution in [0.3, 0.4) is 0 Å². The van der Waals surface area contributed by atoms with Crippen molar-refractivity contribution in [2.45, 2.75) is 13.0 Å². The lowest BCUT2D eigenvalue weighted by atomic mass is 10.1. The van der Waals surface area contributed by atoms with Gasteiger partial charge >= 0.3 is 0 Å². The molecule has 2 N–H and O–H groups in total. The van der Waals surface area contributed by atoms with Gasteiger partial charge in [-0.25, -0.2) is 9.97 Å². The highest BCUT2D eigenvalue weighted by Crippen LogP contribution is 2.19. The molecule has 0 fully saturated rings. The Labute approximate surface area is 147 Å². The van der Waals surface area contributed by atoms with Crippen LogP contribution in [0.1, 0.15) is 11.1 Å². The van der Waals surface area contributed by atoms with Gasteiger partial charge in [-0.15, -0.1) is 0 Å². The molecule has 0 aliphatic carbocycles. The van der Waals surface area contributed by atoms with Crippen LogP contribution < -0.4 is 5.32 Å². The molecule has 4 heteroatoms. The number of hydrogen-bond acceptors (Lipinski definition) is 3. The van der Waals surface area contributed by atoms with Crippen LogP contribution in [0.25, 0.3) is 22.0 Å². The Morgan fingerprint density at radius 3 is 2.72 bits per heavy atom. The lowest BCUT2D eigenvalue weighted by molar-refractivity contribution is 0.688. The minimum absolute atomic E-state index is 0.851. The number of fused-ring (bicyclic) bond motifs is 1. The molecule has 0 saturated heterocycles. The molecule has 0 aliphatic rings. The van der Waals surface area contributed by atoms with Gasteiger partial charge in [-0.05, 0) is 41.8 Å². The van der Waals surface area contributed by atoms with E-state index in [2.05, 4.69) is 75.0 Å². The van der Waals surface area contributed by atoms with Crippen LogP contribution in [-0.2, 0) is 13.0 Å². The van der Waals surface area contributed by atoms with E-state index >= 15 is 0 Å². The molecule has 0 saturated carbocycles. The molecule has 4 nitrogen and oxygen atoms in total. The second kappa shape index (κ2) is 7.28. The first-order valence-corrected chi connectivity index (χ1v) is 8.50. The van der Waals surface area contributed by atoms with Gasteiger partial charge in [-0.2, -0.15) is 0 Å². The molecule has 0 unspecified atom stereocenters. The standard InChI is InChI=1S/C21H20N4/c1-2-7-21-20(6-1)18(14-25-21)8-9-22-11-16-4-3-5-17(10-16)19-12-23-15-24-13-19/h1-7,10,12-15,22,25H,8-9,11H2. The maximum Gasteiger partial charge on any atom is 0.115 e. The van der Waals surface area contributed by atoms with E-state index in [-0.39, 0.29) is 0 Å². The van der Waals surface area contributed by atoms with E-state index in [1.165, 1.54) is 22.0 Å². The van der Waals surface area contributed by atoms with Crippen LogP contribution in [0.2, 0.25) is 0 Å². The van der Waals surface area contributed by atoms with E-state index in [0.717, 1.165) is 30.6 Å². The molecular formula is C21H20N4. The fourth-order valence-corrected chi connectivity index (χ4v) is 3.10. The van der Waals surface area contributed by atoms with Crippen LogP contribution in [0.15, 0.2) is 73.4 Å². The summed E-state index contributed by atoms with van der Waals surface area (Å²) in [6.45, 7) is 1.80. The Hall–Kier alpha value is -2.98. The summed E-state index contributed by atoms with van der Waals surface area (Å²) in [5, 5.41) is 4.85. The molecule has 0 amide bonds. The van der Waals surface area contributed by atoms with E-state index in [1.807, 2.05) is 12.4 Å². The summed E-state index contributed by atoms with van der Waals surface area (Å²) < 4.78 is 0. The van der Waals surface area contributed by atoms with E-state index in [4.69, 9.17) is 0 Å². The van der Waals surface area contributed by atoms with Crippen molar-refractivity contribution in [1.82, 2.24) is 20.3 Å².